The zero-order valence-electron chi connectivity index (χ0n) is 15.8. The van der Waals surface area contributed by atoms with Crippen molar-refractivity contribution in [3.05, 3.63) is 48.0 Å². The monoisotopic (exact) mass is 393 g/mol. The van der Waals surface area contributed by atoms with Crippen LogP contribution in [0, 0.1) is 0 Å². The van der Waals surface area contributed by atoms with E-state index in [-0.39, 0.29) is 23.9 Å². The molecule has 0 fully saturated rings. The highest BCUT2D eigenvalue weighted by molar-refractivity contribution is 7.89. The number of nitrogens with zero attached hydrogens (tertiary/aromatic N) is 1. The molecule has 2 aromatic rings. The van der Waals surface area contributed by atoms with Gasteiger partial charge >= 0.3 is 0 Å². The first-order valence-electron chi connectivity index (χ1n) is 8.23. The number of carbonyl (C=O) groups excluding carboxylic acids is 1. The van der Waals surface area contributed by atoms with Gasteiger partial charge in [-0.2, -0.15) is 0 Å². The molecule has 0 radical (unpaired) electrons. The second-order valence-electron chi connectivity index (χ2n) is 5.88. The van der Waals surface area contributed by atoms with Crippen LogP contribution in [0.25, 0.3) is 0 Å². The first-order valence-corrected chi connectivity index (χ1v) is 9.67. The van der Waals surface area contributed by atoms with Gasteiger partial charge < -0.3 is 14.2 Å². The minimum Gasteiger partial charge on any atom is -0.493 e. The van der Waals surface area contributed by atoms with Crippen molar-refractivity contribution in [3.63, 3.8) is 0 Å². The lowest BCUT2D eigenvalue weighted by Crippen LogP contribution is -2.22. The van der Waals surface area contributed by atoms with E-state index in [1.807, 2.05) is 0 Å². The number of rotatable bonds is 9. The van der Waals surface area contributed by atoms with E-state index in [0.29, 0.717) is 22.8 Å². The molecule has 7 nitrogen and oxygen atoms in total. The average molecular weight is 393 g/mol. The summed E-state index contributed by atoms with van der Waals surface area (Å²) in [6.07, 6.45) is 0. The first-order chi connectivity index (χ1) is 12.8. The lowest BCUT2D eigenvalue weighted by Gasteiger charge is -2.13. The van der Waals surface area contributed by atoms with Crippen LogP contribution in [0.15, 0.2) is 47.4 Å². The van der Waals surface area contributed by atoms with Gasteiger partial charge in [-0.25, -0.2) is 12.7 Å². The normalized spacial score (nSPS) is 11.3. The summed E-state index contributed by atoms with van der Waals surface area (Å²) in [5.74, 6) is 1.47. The predicted molar refractivity (Wildman–Crippen MR) is 101 cm³/mol. The lowest BCUT2D eigenvalue weighted by atomic mass is 10.1. The highest BCUT2D eigenvalue weighted by Gasteiger charge is 2.16. The van der Waals surface area contributed by atoms with E-state index >= 15 is 0 Å². The summed E-state index contributed by atoms with van der Waals surface area (Å²) in [5, 5.41) is 0. The summed E-state index contributed by atoms with van der Waals surface area (Å²) in [6.45, 7) is 2.00. The maximum absolute atomic E-state index is 12.0. The summed E-state index contributed by atoms with van der Waals surface area (Å²) in [4.78, 5) is 11.6. The molecule has 0 atom stereocenters. The molecule has 0 unspecified atom stereocenters. The lowest BCUT2D eigenvalue weighted by molar-refractivity contribution is 0.101. The van der Waals surface area contributed by atoms with Crippen LogP contribution in [0.1, 0.15) is 17.3 Å². The first kappa shape index (κ1) is 20.7. The molecule has 0 N–H and O–H groups in total. The number of Topliss-reactive ketones (excluding diaryl/α,β-unsaturated/α-hetero) is 1. The molecule has 0 aliphatic rings. The van der Waals surface area contributed by atoms with E-state index in [1.54, 1.807) is 30.3 Å². The largest absolute Gasteiger partial charge is 0.493 e. The Balaban J connectivity index is 1.91. The molecule has 0 aromatic heterocycles. The van der Waals surface area contributed by atoms with Crippen LogP contribution < -0.4 is 14.2 Å². The van der Waals surface area contributed by atoms with Crippen LogP contribution in [-0.4, -0.2) is 52.9 Å². The third-order valence-corrected chi connectivity index (χ3v) is 5.61. The number of ketones is 1. The summed E-state index contributed by atoms with van der Waals surface area (Å²) >= 11 is 0. The molecule has 0 heterocycles. The van der Waals surface area contributed by atoms with Crippen molar-refractivity contribution in [2.45, 2.75) is 11.8 Å². The average Bonchev–Trinajstić information content (AvgIpc) is 2.65. The SMILES string of the molecule is COc1cc(C(C)=O)ccc1OCCOc1ccc(S(=O)(=O)N(C)C)cc1. The minimum absolute atomic E-state index is 0.0529. The third kappa shape index (κ3) is 5.21. The fourth-order valence-electron chi connectivity index (χ4n) is 2.24. The molecule has 146 valence electrons. The highest BCUT2D eigenvalue weighted by Crippen LogP contribution is 2.28. The van der Waals surface area contributed by atoms with Crippen molar-refractivity contribution in [1.29, 1.82) is 0 Å². The maximum atomic E-state index is 12.0. The van der Waals surface area contributed by atoms with E-state index in [1.165, 1.54) is 40.3 Å². The van der Waals surface area contributed by atoms with Crippen LogP contribution in [0.3, 0.4) is 0 Å². The Morgan fingerprint density at radius 1 is 0.963 bits per heavy atom. The number of hydrogen-bond acceptors (Lipinski definition) is 6. The standard InChI is InChI=1S/C19H23NO6S/c1-14(21)15-5-10-18(19(13-15)24-4)26-12-11-25-16-6-8-17(9-7-16)27(22,23)20(2)3/h5-10,13H,11-12H2,1-4H3. The van der Waals surface area contributed by atoms with Crippen molar-refractivity contribution < 1.29 is 27.4 Å². The molecule has 8 heteroatoms. The number of ether oxygens (including phenoxy) is 3. The molecule has 0 amide bonds. The van der Waals surface area contributed by atoms with Crippen molar-refractivity contribution in [2.75, 3.05) is 34.4 Å². The molecule has 27 heavy (non-hydrogen) atoms. The number of carbonyl (C=O) groups is 1. The number of benzene rings is 2. The zero-order valence-corrected chi connectivity index (χ0v) is 16.6. The van der Waals surface area contributed by atoms with Gasteiger partial charge in [-0.15, -0.1) is 0 Å². The molecule has 0 aliphatic heterocycles. The van der Waals surface area contributed by atoms with E-state index in [2.05, 4.69) is 0 Å². The van der Waals surface area contributed by atoms with Gasteiger partial charge in [0.1, 0.15) is 19.0 Å². The highest BCUT2D eigenvalue weighted by atomic mass is 32.2. The van der Waals surface area contributed by atoms with Gasteiger partial charge in [0, 0.05) is 19.7 Å². The van der Waals surface area contributed by atoms with Gasteiger partial charge in [-0.1, -0.05) is 0 Å². The quantitative estimate of drug-likeness (QED) is 0.481. The van der Waals surface area contributed by atoms with Crippen molar-refractivity contribution >= 4 is 15.8 Å². The third-order valence-electron chi connectivity index (χ3n) is 3.78. The molecular formula is C19H23NO6S. The van der Waals surface area contributed by atoms with Crippen molar-refractivity contribution in [2.24, 2.45) is 0 Å². The topological polar surface area (TPSA) is 82.1 Å². The predicted octanol–water partition coefficient (Wildman–Crippen LogP) is 2.61. The van der Waals surface area contributed by atoms with Gasteiger partial charge in [-0.05, 0) is 49.4 Å². The van der Waals surface area contributed by atoms with Crippen LogP contribution >= 0.6 is 0 Å². The summed E-state index contributed by atoms with van der Waals surface area (Å²) < 4.78 is 41.6. The summed E-state index contributed by atoms with van der Waals surface area (Å²) in [7, 11) is 1.01. The number of methoxy groups -OCH3 is 1. The maximum Gasteiger partial charge on any atom is 0.242 e. The molecule has 0 saturated heterocycles. The van der Waals surface area contributed by atoms with Crippen LogP contribution in [0.4, 0.5) is 0 Å². The zero-order chi connectivity index (χ0) is 20.0. The number of sulfonamides is 1. The minimum atomic E-state index is -3.46. The van der Waals surface area contributed by atoms with Crippen LogP contribution in [0.5, 0.6) is 17.2 Å². The van der Waals surface area contributed by atoms with E-state index in [4.69, 9.17) is 14.2 Å². The second-order valence-corrected chi connectivity index (χ2v) is 8.03. The van der Waals surface area contributed by atoms with Gasteiger partial charge in [0.05, 0.1) is 12.0 Å². The van der Waals surface area contributed by atoms with E-state index in [9.17, 15) is 13.2 Å². The Hall–Kier alpha value is -2.58. The molecular weight excluding hydrogens is 370 g/mol. The second kappa shape index (κ2) is 8.88. The van der Waals surface area contributed by atoms with Gasteiger partial charge in [-0.3, -0.25) is 4.79 Å². The summed E-state index contributed by atoms with van der Waals surface area (Å²) in [6, 6.07) is 11.2. The van der Waals surface area contributed by atoms with Crippen molar-refractivity contribution in [3.8, 4) is 17.2 Å². The fraction of sp³-hybridized carbons (Fsp3) is 0.316. The summed E-state index contributed by atoms with van der Waals surface area (Å²) in [5.41, 5.74) is 0.545. The van der Waals surface area contributed by atoms with Gasteiger partial charge in [0.2, 0.25) is 10.0 Å². The molecule has 0 saturated carbocycles. The molecule has 0 bridgehead atoms. The fourth-order valence-corrected chi connectivity index (χ4v) is 3.14. The number of hydrogen-bond donors (Lipinski definition) is 0. The van der Waals surface area contributed by atoms with E-state index in [0.717, 1.165) is 4.31 Å². The van der Waals surface area contributed by atoms with Crippen LogP contribution in [0.2, 0.25) is 0 Å². The Kier molecular flexibility index (Phi) is 6.81. The molecule has 2 rings (SSSR count). The Morgan fingerprint density at radius 2 is 1.59 bits per heavy atom. The van der Waals surface area contributed by atoms with Crippen LogP contribution in [-0.2, 0) is 10.0 Å². The molecule has 0 aliphatic carbocycles. The van der Waals surface area contributed by atoms with Gasteiger partial charge in [0.15, 0.2) is 17.3 Å². The van der Waals surface area contributed by atoms with Crippen molar-refractivity contribution in [1.82, 2.24) is 4.31 Å². The Morgan fingerprint density at radius 3 is 2.15 bits per heavy atom. The smallest absolute Gasteiger partial charge is 0.242 e. The molecule has 0 spiro atoms. The van der Waals surface area contributed by atoms with Gasteiger partial charge in [0.25, 0.3) is 0 Å². The Labute approximate surface area is 159 Å². The van der Waals surface area contributed by atoms with E-state index < -0.39 is 10.0 Å². The Bertz CT molecular complexity index is 891. The molecule has 2 aromatic carbocycles.